The van der Waals surface area contributed by atoms with Crippen molar-refractivity contribution in [2.45, 2.75) is 49.5 Å². The predicted molar refractivity (Wildman–Crippen MR) is 95.5 cm³/mol. The van der Waals surface area contributed by atoms with Crippen LogP contribution in [0.15, 0.2) is 29.2 Å². The number of nitrogens with one attached hydrogen (secondary N) is 1. The third kappa shape index (κ3) is 5.02. The molecule has 1 aromatic carbocycles. The molecule has 1 amide bonds. The Morgan fingerprint density at radius 3 is 2.26 bits per heavy atom. The minimum atomic E-state index is -3.51. The quantitative estimate of drug-likeness (QED) is 0.607. The van der Waals surface area contributed by atoms with E-state index >= 15 is 0 Å². The van der Waals surface area contributed by atoms with Crippen LogP contribution in [0.5, 0.6) is 0 Å². The molecule has 0 unspecified atom stereocenters. The summed E-state index contributed by atoms with van der Waals surface area (Å²) in [5.74, 6) is -0.0859. The van der Waals surface area contributed by atoms with Crippen molar-refractivity contribution in [3.05, 3.63) is 24.3 Å². The second kappa shape index (κ2) is 8.26. The molecule has 1 N–H and O–H groups in total. The summed E-state index contributed by atoms with van der Waals surface area (Å²) in [6.45, 7) is 0. The van der Waals surface area contributed by atoms with Crippen molar-refractivity contribution in [3.63, 3.8) is 0 Å². The Labute approximate surface area is 146 Å². The highest BCUT2D eigenvalue weighted by molar-refractivity contribution is 9.09. The summed E-state index contributed by atoms with van der Waals surface area (Å²) < 4.78 is 27.8. The summed E-state index contributed by atoms with van der Waals surface area (Å²) in [6.07, 6.45) is 6.32. The monoisotopic (exact) mass is 402 g/mol. The van der Waals surface area contributed by atoms with Crippen LogP contribution >= 0.6 is 15.9 Å². The van der Waals surface area contributed by atoms with E-state index in [0.29, 0.717) is 5.69 Å². The topological polar surface area (TPSA) is 66.5 Å². The van der Waals surface area contributed by atoms with Gasteiger partial charge in [0.1, 0.15) is 0 Å². The van der Waals surface area contributed by atoms with Crippen LogP contribution in [0, 0.1) is 0 Å². The van der Waals surface area contributed by atoms with Crippen LogP contribution in [0.4, 0.5) is 5.69 Å². The molecule has 7 heteroatoms. The van der Waals surface area contributed by atoms with E-state index in [1.807, 2.05) is 0 Å². The maximum absolute atomic E-state index is 12.5. The number of sulfonamides is 1. The second-order valence-electron chi connectivity index (χ2n) is 5.89. The van der Waals surface area contributed by atoms with Crippen molar-refractivity contribution in [2.24, 2.45) is 0 Å². The lowest BCUT2D eigenvalue weighted by Gasteiger charge is -2.18. The van der Waals surface area contributed by atoms with E-state index in [2.05, 4.69) is 20.7 Å². The lowest BCUT2D eigenvalue weighted by molar-refractivity contribution is -0.115. The van der Waals surface area contributed by atoms with Gasteiger partial charge in [-0.3, -0.25) is 4.79 Å². The van der Waals surface area contributed by atoms with Gasteiger partial charge in [0.05, 0.1) is 10.2 Å². The van der Waals surface area contributed by atoms with Crippen molar-refractivity contribution in [1.29, 1.82) is 0 Å². The maximum Gasteiger partial charge on any atom is 0.240 e. The van der Waals surface area contributed by atoms with Gasteiger partial charge in [-0.05, 0) is 37.1 Å². The molecular weight excluding hydrogens is 380 g/mol. The number of carbonyl (C=O) groups is 1. The molecule has 23 heavy (non-hydrogen) atoms. The number of halogens is 1. The number of rotatable bonds is 5. The van der Waals surface area contributed by atoms with Crippen molar-refractivity contribution >= 4 is 37.5 Å². The second-order valence-corrected chi connectivity index (χ2v) is 8.16. The first-order chi connectivity index (χ1) is 10.9. The number of hydrogen-bond acceptors (Lipinski definition) is 3. The van der Waals surface area contributed by atoms with E-state index in [9.17, 15) is 13.2 Å². The molecule has 1 fully saturated rings. The van der Waals surface area contributed by atoms with Crippen LogP contribution in [0.2, 0.25) is 0 Å². The van der Waals surface area contributed by atoms with Gasteiger partial charge in [-0.25, -0.2) is 13.1 Å². The number of carbonyl (C=O) groups excluding carboxylic acids is 1. The average molecular weight is 403 g/mol. The van der Waals surface area contributed by atoms with Crippen LogP contribution in [-0.4, -0.2) is 32.7 Å². The fraction of sp³-hybridized carbons (Fsp3) is 0.562. The number of benzene rings is 1. The molecule has 1 aliphatic carbocycles. The first kappa shape index (κ1) is 18.4. The van der Waals surface area contributed by atoms with Crippen LogP contribution in [0.25, 0.3) is 0 Å². The zero-order valence-corrected chi connectivity index (χ0v) is 15.7. The molecule has 0 heterocycles. The summed E-state index contributed by atoms with van der Waals surface area (Å²) in [4.78, 5) is 13.4. The van der Waals surface area contributed by atoms with Gasteiger partial charge in [0, 0.05) is 18.8 Å². The Morgan fingerprint density at radius 1 is 1.17 bits per heavy atom. The van der Waals surface area contributed by atoms with Crippen LogP contribution < -0.4 is 9.62 Å². The third-order valence-corrected chi connectivity index (χ3v) is 6.22. The number of amides is 1. The molecule has 0 aromatic heterocycles. The maximum atomic E-state index is 12.5. The number of nitrogens with zero attached hydrogens (tertiary/aromatic N) is 1. The fourth-order valence-corrected chi connectivity index (χ4v) is 4.45. The summed E-state index contributed by atoms with van der Waals surface area (Å²) in [5.41, 5.74) is 0.669. The molecule has 0 radical (unpaired) electrons. The van der Waals surface area contributed by atoms with Gasteiger partial charge in [-0.1, -0.05) is 41.6 Å². The van der Waals surface area contributed by atoms with E-state index in [4.69, 9.17) is 0 Å². The Bertz CT molecular complexity index is 623. The fourth-order valence-electron chi connectivity index (χ4n) is 2.77. The molecular formula is C16H23BrN2O3S. The van der Waals surface area contributed by atoms with E-state index < -0.39 is 10.0 Å². The Hall–Kier alpha value is -0.920. The first-order valence-corrected chi connectivity index (χ1v) is 10.5. The minimum absolute atomic E-state index is 0.0276. The van der Waals surface area contributed by atoms with Gasteiger partial charge in [0.2, 0.25) is 15.9 Å². The van der Waals surface area contributed by atoms with Gasteiger partial charge in [0.25, 0.3) is 0 Å². The van der Waals surface area contributed by atoms with Gasteiger partial charge in [0.15, 0.2) is 0 Å². The normalized spacial score (nSPS) is 16.8. The molecule has 0 atom stereocenters. The van der Waals surface area contributed by atoms with E-state index in [0.717, 1.165) is 25.7 Å². The van der Waals surface area contributed by atoms with Gasteiger partial charge in [-0.15, -0.1) is 0 Å². The molecule has 0 spiro atoms. The smallest absolute Gasteiger partial charge is 0.240 e. The lowest BCUT2D eigenvalue weighted by Crippen LogP contribution is -2.34. The Kier molecular flexibility index (Phi) is 6.61. The number of anilines is 1. The summed E-state index contributed by atoms with van der Waals surface area (Å²) in [5, 5.41) is 0.229. The molecule has 0 aliphatic heterocycles. The molecule has 1 saturated carbocycles. The predicted octanol–water partition coefficient (Wildman–Crippen LogP) is 3.05. The lowest BCUT2D eigenvalue weighted by atomic mass is 10.1. The average Bonchev–Trinajstić information content (AvgIpc) is 2.81. The largest absolute Gasteiger partial charge is 0.315 e. The minimum Gasteiger partial charge on any atom is -0.315 e. The molecule has 1 aromatic rings. The molecule has 5 nitrogen and oxygen atoms in total. The number of hydrogen-bond donors (Lipinski definition) is 1. The summed E-state index contributed by atoms with van der Waals surface area (Å²) in [6, 6.07) is 6.43. The van der Waals surface area contributed by atoms with Crippen LogP contribution in [0.3, 0.4) is 0 Å². The molecule has 1 aliphatic rings. The van der Waals surface area contributed by atoms with Gasteiger partial charge in [-0.2, -0.15) is 0 Å². The molecule has 0 bridgehead atoms. The standard InChI is InChI=1S/C16H23BrN2O3S/c1-19(16(20)12-17)14-8-10-15(11-9-14)23(21,22)18-13-6-4-2-3-5-7-13/h8-11,13,18H,2-7,12H2,1H3. The molecule has 2 rings (SSSR count). The Morgan fingerprint density at radius 2 is 1.74 bits per heavy atom. The highest BCUT2D eigenvalue weighted by atomic mass is 79.9. The van der Waals surface area contributed by atoms with Gasteiger partial charge >= 0.3 is 0 Å². The first-order valence-electron chi connectivity index (χ1n) is 7.89. The van der Waals surface area contributed by atoms with Crippen LogP contribution in [-0.2, 0) is 14.8 Å². The van der Waals surface area contributed by atoms with E-state index in [1.165, 1.54) is 17.7 Å². The third-order valence-electron chi connectivity index (χ3n) is 4.20. The van der Waals surface area contributed by atoms with Crippen molar-refractivity contribution in [3.8, 4) is 0 Å². The van der Waals surface area contributed by atoms with Crippen molar-refractivity contribution < 1.29 is 13.2 Å². The molecule has 0 saturated heterocycles. The summed E-state index contributed by atoms with van der Waals surface area (Å²) in [7, 11) is -1.84. The highest BCUT2D eigenvalue weighted by Gasteiger charge is 2.21. The highest BCUT2D eigenvalue weighted by Crippen LogP contribution is 2.21. The van der Waals surface area contributed by atoms with Crippen LogP contribution in [0.1, 0.15) is 38.5 Å². The van der Waals surface area contributed by atoms with E-state index in [1.54, 1.807) is 31.3 Å². The van der Waals surface area contributed by atoms with E-state index in [-0.39, 0.29) is 22.2 Å². The van der Waals surface area contributed by atoms with Gasteiger partial charge < -0.3 is 4.90 Å². The zero-order chi connectivity index (χ0) is 16.9. The summed E-state index contributed by atoms with van der Waals surface area (Å²) >= 11 is 3.12. The SMILES string of the molecule is CN(C(=O)CBr)c1ccc(S(=O)(=O)NC2CCCCCC2)cc1. The zero-order valence-electron chi connectivity index (χ0n) is 13.3. The number of alkyl halides is 1. The van der Waals surface area contributed by atoms with Crippen molar-refractivity contribution in [2.75, 3.05) is 17.3 Å². The Balaban J connectivity index is 2.09. The van der Waals surface area contributed by atoms with Crippen molar-refractivity contribution in [1.82, 2.24) is 4.72 Å². The molecule has 128 valence electrons.